The molecule has 1 saturated heterocycles. The van der Waals surface area contributed by atoms with Gasteiger partial charge in [0.05, 0.1) is 0 Å². The van der Waals surface area contributed by atoms with E-state index < -0.39 is 0 Å². The minimum atomic E-state index is 0.841. The third-order valence-corrected chi connectivity index (χ3v) is 3.83. The van der Waals surface area contributed by atoms with Crippen LogP contribution in [-0.4, -0.2) is 13.1 Å². The molecule has 16 heavy (non-hydrogen) atoms. The lowest BCUT2D eigenvalue weighted by atomic mass is 9.88. The second-order valence-corrected chi connectivity index (χ2v) is 5.28. The molecule has 1 aromatic carbocycles. The molecule has 0 radical (unpaired) electrons. The highest BCUT2D eigenvalue weighted by molar-refractivity contribution is 5.37. The second kappa shape index (κ2) is 5.01. The third kappa shape index (κ3) is 2.65. The molecule has 0 amide bonds. The first-order chi connectivity index (χ1) is 7.66. The number of hydrogen-bond acceptors (Lipinski definition) is 1. The fourth-order valence-corrected chi connectivity index (χ4v) is 2.75. The van der Waals surface area contributed by atoms with Gasteiger partial charge in [0.1, 0.15) is 0 Å². The molecule has 0 aromatic heterocycles. The molecular weight excluding hydrogens is 194 g/mol. The number of benzene rings is 1. The maximum atomic E-state index is 3.50. The molecule has 0 saturated carbocycles. The summed E-state index contributed by atoms with van der Waals surface area (Å²) >= 11 is 0. The summed E-state index contributed by atoms with van der Waals surface area (Å²) in [6, 6.07) is 4.66. The van der Waals surface area contributed by atoms with Crippen molar-refractivity contribution in [2.24, 2.45) is 5.92 Å². The van der Waals surface area contributed by atoms with Crippen molar-refractivity contribution in [3.8, 4) is 0 Å². The molecule has 0 bridgehead atoms. The van der Waals surface area contributed by atoms with E-state index in [1.54, 1.807) is 5.56 Å². The maximum Gasteiger partial charge on any atom is -0.00173 e. The first-order valence-corrected chi connectivity index (χ1v) is 6.44. The Kier molecular flexibility index (Phi) is 3.65. The topological polar surface area (TPSA) is 12.0 Å². The predicted molar refractivity (Wildman–Crippen MR) is 70.0 cm³/mol. The molecule has 1 heteroatoms. The van der Waals surface area contributed by atoms with Crippen molar-refractivity contribution in [3.05, 3.63) is 34.4 Å². The average Bonchev–Trinajstić information content (AvgIpc) is 2.27. The van der Waals surface area contributed by atoms with E-state index in [0.29, 0.717) is 0 Å². The molecule has 2 rings (SSSR count). The van der Waals surface area contributed by atoms with E-state index in [1.165, 1.54) is 49.0 Å². The first kappa shape index (κ1) is 11.7. The Hall–Kier alpha value is -0.820. The van der Waals surface area contributed by atoms with E-state index in [2.05, 4.69) is 38.2 Å². The molecule has 0 spiro atoms. The van der Waals surface area contributed by atoms with Gasteiger partial charge in [0.2, 0.25) is 0 Å². The van der Waals surface area contributed by atoms with Crippen molar-refractivity contribution in [2.75, 3.05) is 13.1 Å². The lowest BCUT2D eigenvalue weighted by Gasteiger charge is -2.24. The summed E-state index contributed by atoms with van der Waals surface area (Å²) in [4.78, 5) is 0. The standard InChI is InChI=1S/C15H23N/c1-11-7-12(2)13(3)15(8-11)9-14-5-4-6-16-10-14/h7-8,14,16H,4-6,9-10H2,1-3H3. The summed E-state index contributed by atoms with van der Waals surface area (Å²) in [5.41, 5.74) is 5.91. The maximum absolute atomic E-state index is 3.50. The van der Waals surface area contributed by atoms with Gasteiger partial charge in [-0.05, 0) is 75.7 Å². The highest BCUT2D eigenvalue weighted by atomic mass is 14.9. The fraction of sp³-hybridized carbons (Fsp3) is 0.600. The van der Waals surface area contributed by atoms with Crippen LogP contribution in [0.25, 0.3) is 0 Å². The number of nitrogens with one attached hydrogen (secondary N) is 1. The van der Waals surface area contributed by atoms with Gasteiger partial charge in [-0.1, -0.05) is 17.7 Å². The Morgan fingerprint density at radius 3 is 2.75 bits per heavy atom. The van der Waals surface area contributed by atoms with Crippen LogP contribution in [-0.2, 0) is 6.42 Å². The molecule has 1 aliphatic rings. The summed E-state index contributed by atoms with van der Waals surface area (Å²) in [5.74, 6) is 0.841. The summed E-state index contributed by atoms with van der Waals surface area (Å²) < 4.78 is 0. The SMILES string of the molecule is Cc1cc(C)c(C)c(CC2CCCNC2)c1. The second-order valence-electron chi connectivity index (χ2n) is 5.28. The molecule has 1 unspecified atom stereocenters. The van der Waals surface area contributed by atoms with Crippen molar-refractivity contribution in [3.63, 3.8) is 0 Å². The molecule has 1 fully saturated rings. The van der Waals surface area contributed by atoms with Crippen LogP contribution < -0.4 is 5.32 Å². The van der Waals surface area contributed by atoms with E-state index >= 15 is 0 Å². The van der Waals surface area contributed by atoms with Gasteiger partial charge >= 0.3 is 0 Å². The van der Waals surface area contributed by atoms with Crippen LogP contribution in [0.2, 0.25) is 0 Å². The highest BCUT2D eigenvalue weighted by Crippen LogP contribution is 2.22. The predicted octanol–water partition coefficient (Wildman–Crippen LogP) is 3.15. The van der Waals surface area contributed by atoms with E-state index in [9.17, 15) is 0 Å². The Morgan fingerprint density at radius 1 is 1.25 bits per heavy atom. The number of piperidine rings is 1. The number of rotatable bonds is 2. The largest absolute Gasteiger partial charge is 0.316 e. The Balaban J connectivity index is 2.13. The quantitative estimate of drug-likeness (QED) is 0.802. The molecular formula is C15H23N. The minimum Gasteiger partial charge on any atom is -0.316 e. The Morgan fingerprint density at radius 2 is 2.06 bits per heavy atom. The average molecular weight is 217 g/mol. The van der Waals surface area contributed by atoms with E-state index in [1.807, 2.05) is 0 Å². The van der Waals surface area contributed by atoms with E-state index in [4.69, 9.17) is 0 Å². The first-order valence-electron chi connectivity index (χ1n) is 6.44. The summed E-state index contributed by atoms with van der Waals surface area (Å²) in [6.07, 6.45) is 3.98. The zero-order valence-corrected chi connectivity index (χ0v) is 10.8. The monoisotopic (exact) mass is 217 g/mol. The normalized spacial score (nSPS) is 21.1. The van der Waals surface area contributed by atoms with Crippen LogP contribution in [0.3, 0.4) is 0 Å². The van der Waals surface area contributed by atoms with Crippen LogP contribution in [0, 0.1) is 26.7 Å². The van der Waals surface area contributed by atoms with E-state index in [-0.39, 0.29) is 0 Å². The van der Waals surface area contributed by atoms with Crippen molar-refractivity contribution in [1.29, 1.82) is 0 Å². The zero-order valence-electron chi connectivity index (χ0n) is 10.8. The smallest absolute Gasteiger partial charge is 0.00173 e. The van der Waals surface area contributed by atoms with Crippen LogP contribution in [0.1, 0.15) is 35.1 Å². The van der Waals surface area contributed by atoms with Gasteiger partial charge in [0, 0.05) is 0 Å². The molecule has 1 aliphatic heterocycles. The lowest BCUT2D eigenvalue weighted by Crippen LogP contribution is -2.31. The van der Waals surface area contributed by atoms with Gasteiger partial charge in [-0.25, -0.2) is 0 Å². The van der Waals surface area contributed by atoms with Gasteiger partial charge in [-0.15, -0.1) is 0 Å². The zero-order chi connectivity index (χ0) is 11.5. The number of hydrogen-bond donors (Lipinski definition) is 1. The molecule has 1 heterocycles. The van der Waals surface area contributed by atoms with Gasteiger partial charge in [-0.3, -0.25) is 0 Å². The Labute approximate surface area is 99.3 Å². The van der Waals surface area contributed by atoms with Crippen LogP contribution >= 0.6 is 0 Å². The summed E-state index contributed by atoms with van der Waals surface area (Å²) in [6.45, 7) is 9.11. The Bertz CT molecular complexity index is 362. The summed E-state index contributed by atoms with van der Waals surface area (Å²) in [5, 5.41) is 3.50. The third-order valence-electron chi connectivity index (χ3n) is 3.83. The van der Waals surface area contributed by atoms with Crippen LogP contribution in [0.15, 0.2) is 12.1 Å². The highest BCUT2D eigenvalue weighted by Gasteiger charge is 2.15. The molecule has 1 atom stereocenters. The minimum absolute atomic E-state index is 0.841. The van der Waals surface area contributed by atoms with Crippen molar-refractivity contribution in [2.45, 2.75) is 40.0 Å². The number of aryl methyl sites for hydroxylation is 2. The van der Waals surface area contributed by atoms with Gasteiger partial charge in [0.25, 0.3) is 0 Å². The molecule has 88 valence electrons. The fourth-order valence-electron chi connectivity index (χ4n) is 2.75. The van der Waals surface area contributed by atoms with Gasteiger partial charge < -0.3 is 5.32 Å². The molecule has 1 aromatic rings. The van der Waals surface area contributed by atoms with Crippen LogP contribution in [0.5, 0.6) is 0 Å². The van der Waals surface area contributed by atoms with E-state index in [0.717, 1.165) is 5.92 Å². The lowest BCUT2D eigenvalue weighted by molar-refractivity contribution is 0.375. The molecule has 1 nitrogen and oxygen atoms in total. The molecule has 1 N–H and O–H groups in total. The molecule has 0 aliphatic carbocycles. The van der Waals surface area contributed by atoms with Gasteiger partial charge in [-0.2, -0.15) is 0 Å². The van der Waals surface area contributed by atoms with Gasteiger partial charge in [0.15, 0.2) is 0 Å². The van der Waals surface area contributed by atoms with Crippen LogP contribution in [0.4, 0.5) is 0 Å². The van der Waals surface area contributed by atoms with Crippen molar-refractivity contribution >= 4 is 0 Å². The van der Waals surface area contributed by atoms with Crippen molar-refractivity contribution < 1.29 is 0 Å². The summed E-state index contributed by atoms with van der Waals surface area (Å²) in [7, 11) is 0. The van der Waals surface area contributed by atoms with Crippen molar-refractivity contribution in [1.82, 2.24) is 5.32 Å².